The largest absolute Gasteiger partial charge is 0.370 e. The molecule has 7 nitrogen and oxygen atoms in total. The van der Waals surface area contributed by atoms with Gasteiger partial charge in [0.1, 0.15) is 12.6 Å². The maximum absolute atomic E-state index is 13.2. The average molecular weight is 420 g/mol. The number of carbonyl (C=O) groups is 3. The lowest BCUT2D eigenvalue weighted by molar-refractivity contribution is -0.148. The fraction of sp³-hybridized carbons (Fsp3) is 0.571. The molecule has 1 unspecified atom stereocenters. The number of rotatable bonds is 3. The number of benzene rings is 1. The molecule has 3 saturated heterocycles. The first-order valence-corrected chi connectivity index (χ1v) is 10.6. The Morgan fingerprint density at radius 3 is 2.59 bits per heavy atom. The smallest absolute Gasteiger partial charge is 0.254 e. The van der Waals surface area contributed by atoms with Crippen molar-refractivity contribution in [2.45, 2.75) is 37.8 Å². The van der Waals surface area contributed by atoms with Gasteiger partial charge in [-0.2, -0.15) is 0 Å². The van der Waals surface area contributed by atoms with E-state index in [2.05, 4.69) is 0 Å². The molecule has 3 fully saturated rings. The summed E-state index contributed by atoms with van der Waals surface area (Å²) in [6.45, 7) is 3.17. The van der Waals surface area contributed by atoms with Gasteiger partial charge in [-0.25, -0.2) is 0 Å². The molecule has 0 saturated carbocycles. The summed E-state index contributed by atoms with van der Waals surface area (Å²) in [6, 6.07) is 6.62. The van der Waals surface area contributed by atoms with Gasteiger partial charge in [0.2, 0.25) is 11.8 Å². The average Bonchev–Trinajstić information content (AvgIpc) is 3.23. The van der Waals surface area contributed by atoms with Crippen LogP contribution in [0.2, 0.25) is 5.02 Å². The molecule has 156 valence electrons. The van der Waals surface area contributed by atoms with E-state index in [1.54, 1.807) is 29.2 Å². The van der Waals surface area contributed by atoms with Crippen LogP contribution in [0.5, 0.6) is 0 Å². The number of hydrogen-bond donors (Lipinski definition) is 0. The molecule has 8 heteroatoms. The number of amides is 3. The summed E-state index contributed by atoms with van der Waals surface area (Å²) in [5.74, 6) is -0.0862. The molecule has 0 bridgehead atoms. The number of halogens is 1. The van der Waals surface area contributed by atoms with E-state index in [0.717, 1.165) is 19.3 Å². The Kier molecular flexibility index (Phi) is 6.06. The first kappa shape index (κ1) is 20.2. The van der Waals surface area contributed by atoms with E-state index in [-0.39, 0.29) is 30.4 Å². The second kappa shape index (κ2) is 8.71. The van der Waals surface area contributed by atoms with Gasteiger partial charge in [0.15, 0.2) is 0 Å². The number of likely N-dealkylation sites (tertiary alicyclic amines) is 2. The summed E-state index contributed by atoms with van der Waals surface area (Å²) in [5.41, 5.74) is 0.515. The van der Waals surface area contributed by atoms with Crippen LogP contribution in [0.25, 0.3) is 0 Å². The molecule has 0 N–H and O–H groups in total. The first-order valence-electron chi connectivity index (χ1n) is 10.3. The molecule has 3 heterocycles. The van der Waals surface area contributed by atoms with Crippen molar-refractivity contribution in [2.75, 3.05) is 39.4 Å². The van der Waals surface area contributed by atoms with Gasteiger partial charge in [-0.3, -0.25) is 14.4 Å². The van der Waals surface area contributed by atoms with Crippen LogP contribution in [-0.4, -0.2) is 83.9 Å². The van der Waals surface area contributed by atoms with E-state index in [1.807, 2.05) is 9.80 Å². The predicted octanol–water partition coefficient (Wildman–Crippen LogP) is 1.79. The van der Waals surface area contributed by atoms with Crippen LogP contribution in [0.15, 0.2) is 24.3 Å². The predicted molar refractivity (Wildman–Crippen MR) is 108 cm³/mol. The van der Waals surface area contributed by atoms with Gasteiger partial charge in [-0.05, 0) is 43.9 Å². The van der Waals surface area contributed by atoms with Crippen molar-refractivity contribution >= 4 is 29.3 Å². The number of carbonyl (C=O) groups excluding carboxylic acids is 3. The van der Waals surface area contributed by atoms with E-state index >= 15 is 0 Å². The molecule has 1 aromatic carbocycles. The molecule has 0 spiro atoms. The minimum atomic E-state index is -0.414. The van der Waals surface area contributed by atoms with Crippen molar-refractivity contribution in [3.8, 4) is 0 Å². The SMILES string of the molecule is O=C(C1CCCN1C(=O)c1cccc(Cl)c1)N1CCC(N2CCOCC2=O)CC1. The maximum Gasteiger partial charge on any atom is 0.254 e. The number of piperidine rings is 1. The summed E-state index contributed by atoms with van der Waals surface area (Å²) in [5, 5.41) is 0.512. The number of hydrogen-bond acceptors (Lipinski definition) is 4. The molecule has 3 amide bonds. The zero-order chi connectivity index (χ0) is 20.4. The third-order valence-corrected chi connectivity index (χ3v) is 6.34. The van der Waals surface area contributed by atoms with E-state index in [1.165, 1.54) is 0 Å². The fourth-order valence-electron chi connectivity index (χ4n) is 4.58. The lowest BCUT2D eigenvalue weighted by atomic mass is 10.0. The van der Waals surface area contributed by atoms with E-state index in [0.29, 0.717) is 49.8 Å². The van der Waals surface area contributed by atoms with Gasteiger partial charge in [0.25, 0.3) is 5.91 Å². The van der Waals surface area contributed by atoms with Gasteiger partial charge in [-0.15, -0.1) is 0 Å². The number of nitrogens with zero attached hydrogens (tertiary/aromatic N) is 3. The van der Waals surface area contributed by atoms with Gasteiger partial charge in [0.05, 0.1) is 6.61 Å². The summed E-state index contributed by atoms with van der Waals surface area (Å²) >= 11 is 6.02. The van der Waals surface area contributed by atoms with Crippen molar-refractivity contribution in [1.82, 2.24) is 14.7 Å². The van der Waals surface area contributed by atoms with E-state index in [4.69, 9.17) is 16.3 Å². The van der Waals surface area contributed by atoms with Crippen LogP contribution in [0.4, 0.5) is 0 Å². The second-order valence-corrected chi connectivity index (χ2v) is 8.30. The Hall–Kier alpha value is -2.12. The quantitative estimate of drug-likeness (QED) is 0.749. The van der Waals surface area contributed by atoms with Crippen molar-refractivity contribution in [2.24, 2.45) is 0 Å². The van der Waals surface area contributed by atoms with Gasteiger partial charge >= 0.3 is 0 Å². The Morgan fingerprint density at radius 1 is 1.07 bits per heavy atom. The van der Waals surface area contributed by atoms with Crippen molar-refractivity contribution in [3.05, 3.63) is 34.9 Å². The van der Waals surface area contributed by atoms with Crippen LogP contribution in [0.3, 0.4) is 0 Å². The second-order valence-electron chi connectivity index (χ2n) is 7.86. The molecular weight excluding hydrogens is 394 g/mol. The van der Waals surface area contributed by atoms with Crippen LogP contribution in [0, 0.1) is 0 Å². The number of morpholine rings is 1. The Morgan fingerprint density at radius 2 is 1.86 bits per heavy atom. The highest BCUT2D eigenvalue weighted by Gasteiger charge is 2.39. The molecule has 29 heavy (non-hydrogen) atoms. The van der Waals surface area contributed by atoms with Crippen LogP contribution in [0.1, 0.15) is 36.0 Å². The monoisotopic (exact) mass is 419 g/mol. The molecular formula is C21H26ClN3O4. The molecule has 4 rings (SSSR count). The Balaban J connectivity index is 1.38. The van der Waals surface area contributed by atoms with E-state index < -0.39 is 6.04 Å². The zero-order valence-electron chi connectivity index (χ0n) is 16.4. The van der Waals surface area contributed by atoms with Crippen LogP contribution in [-0.2, 0) is 14.3 Å². The molecule has 1 atom stereocenters. The Bertz CT molecular complexity index is 794. The summed E-state index contributed by atoms with van der Waals surface area (Å²) < 4.78 is 5.21. The van der Waals surface area contributed by atoms with Gasteiger partial charge in [0, 0.05) is 42.8 Å². The fourth-order valence-corrected chi connectivity index (χ4v) is 4.77. The molecule has 0 aliphatic carbocycles. The molecule has 1 aromatic rings. The third-order valence-electron chi connectivity index (χ3n) is 6.11. The minimum Gasteiger partial charge on any atom is -0.370 e. The maximum atomic E-state index is 13.2. The summed E-state index contributed by atoms with van der Waals surface area (Å²) in [4.78, 5) is 43.6. The van der Waals surface area contributed by atoms with Gasteiger partial charge < -0.3 is 19.4 Å². The highest BCUT2D eigenvalue weighted by Crippen LogP contribution is 2.25. The molecule has 0 radical (unpaired) electrons. The van der Waals surface area contributed by atoms with Crippen molar-refractivity contribution in [1.29, 1.82) is 0 Å². The zero-order valence-corrected chi connectivity index (χ0v) is 17.1. The number of ether oxygens (including phenoxy) is 1. The van der Waals surface area contributed by atoms with Crippen LogP contribution >= 0.6 is 11.6 Å². The van der Waals surface area contributed by atoms with Gasteiger partial charge in [-0.1, -0.05) is 17.7 Å². The summed E-state index contributed by atoms with van der Waals surface area (Å²) in [6.07, 6.45) is 3.05. The molecule has 3 aliphatic heterocycles. The normalized spacial score (nSPS) is 23.6. The third kappa shape index (κ3) is 4.26. The highest BCUT2D eigenvalue weighted by molar-refractivity contribution is 6.31. The van der Waals surface area contributed by atoms with Crippen molar-refractivity contribution in [3.63, 3.8) is 0 Å². The van der Waals surface area contributed by atoms with Crippen molar-refractivity contribution < 1.29 is 19.1 Å². The summed E-state index contributed by atoms with van der Waals surface area (Å²) in [7, 11) is 0. The molecule has 0 aromatic heterocycles. The molecule has 3 aliphatic rings. The minimum absolute atomic E-state index is 0.0182. The Labute approximate surface area is 175 Å². The van der Waals surface area contributed by atoms with E-state index in [9.17, 15) is 14.4 Å². The first-order chi connectivity index (χ1) is 14.0. The lowest BCUT2D eigenvalue weighted by Gasteiger charge is -2.41. The standard InChI is InChI=1S/C21H26ClN3O4/c22-16-4-1-3-15(13-16)20(27)25-8-2-5-18(25)21(28)23-9-6-17(7-10-23)24-11-12-29-14-19(24)26/h1,3-4,13,17-18H,2,5-12,14H2. The van der Waals surface area contributed by atoms with Crippen LogP contribution < -0.4 is 0 Å². The topological polar surface area (TPSA) is 70.2 Å². The highest BCUT2D eigenvalue weighted by atomic mass is 35.5. The lowest BCUT2D eigenvalue weighted by Crippen LogP contribution is -2.55.